The number of thioether (sulfide) groups is 1. The van der Waals surface area contributed by atoms with E-state index in [4.69, 9.17) is 0 Å². The molecule has 126 valence electrons. The molecular weight excluding hydrogens is 372 g/mol. The van der Waals surface area contributed by atoms with Gasteiger partial charge in [-0.1, -0.05) is 43.0 Å². The normalized spacial score (nSPS) is 11.6. The average Bonchev–Trinajstić information content (AvgIpc) is 3.25. The monoisotopic (exact) mass is 388 g/mol. The number of hydrogen-bond acceptors (Lipinski definition) is 3. The average molecular weight is 389 g/mol. The lowest BCUT2D eigenvalue weighted by atomic mass is 10.1. The second-order valence-electron chi connectivity index (χ2n) is 6.26. The largest absolute Gasteiger partial charge is 0.135 e. The Balaban J connectivity index is 1.77. The number of fused-ring (bicyclic) bond motifs is 4. The molecule has 0 aliphatic heterocycles. The van der Waals surface area contributed by atoms with E-state index in [1.807, 2.05) is 28.7 Å². The molecule has 0 unspecified atom stereocenters. The van der Waals surface area contributed by atoms with Crippen molar-refractivity contribution in [3.63, 3.8) is 0 Å². The van der Waals surface area contributed by atoms with Crippen molar-refractivity contribution in [3.8, 4) is 10.4 Å². The summed E-state index contributed by atoms with van der Waals surface area (Å²) in [4.78, 5) is 2.63. The van der Waals surface area contributed by atoms with Crippen LogP contribution >= 0.6 is 34.4 Å². The van der Waals surface area contributed by atoms with E-state index >= 15 is 0 Å². The molecule has 2 heterocycles. The standard InChI is InChI=1S/C23H16S3/c1-3-14-9-22-17(12-19(14)24-2)18-13-21-16(11-23(18)26-22)10-20(25-21)15-7-5-4-6-8-15/h3-13H,1H2,2H3. The second-order valence-corrected chi connectivity index (χ2v) is 9.28. The molecule has 3 heteroatoms. The lowest BCUT2D eigenvalue weighted by Gasteiger charge is -2.03. The van der Waals surface area contributed by atoms with Crippen molar-refractivity contribution >= 4 is 70.8 Å². The summed E-state index contributed by atoms with van der Waals surface area (Å²) in [5.41, 5.74) is 2.52. The van der Waals surface area contributed by atoms with Gasteiger partial charge in [0.1, 0.15) is 0 Å². The van der Waals surface area contributed by atoms with Gasteiger partial charge in [0, 0.05) is 34.6 Å². The molecule has 0 saturated heterocycles. The van der Waals surface area contributed by atoms with Crippen molar-refractivity contribution in [2.45, 2.75) is 4.90 Å². The first-order valence-corrected chi connectivity index (χ1v) is 11.3. The van der Waals surface area contributed by atoms with E-state index in [0.29, 0.717) is 0 Å². The van der Waals surface area contributed by atoms with Crippen LogP contribution in [0.15, 0.2) is 72.1 Å². The van der Waals surface area contributed by atoms with Gasteiger partial charge in [-0.2, -0.15) is 0 Å². The van der Waals surface area contributed by atoms with Crippen molar-refractivity contribution < 1.29 is 0 Å². The smallest absolute Gasteiger partial charge is 0.0362 e. The zero-order valence-electron chi connectivity index (χ0n) is 14.3. The molecule has 0 radical (unpaired) electrons. The van der Waals surface area contributed by atoms with Gasteiger partial charge < -0.3 is 0 Å². The predicted octanol–water partition coefficient (Wildman–Crippen LogP) is 8.30. The zero-order chi connectivity index (χ0) is 17.7. The molecule has 3 aromatic carbocycles. The maximum atomic E-state index is 3.97. The van der Waals surface area contributed by atoms with Crippen molar-refractivity contribution in [2.24, 2.45) is 0 Å². The minimum Gasteiger partial charge on any atom is -0.135 e. The van der Waals surface area contributed by atoms with Gasteiger partial charge in [-0.05, 0) is 53.1 Å². The van der Waals surface area contributed by atoms with Gasteiger partial charge in [0.2, 0.25) is 0 Å². The fraction of sp³-hybridized carbons (Fsp3) is 0.0435. The zero-order valence-corrected chi connectivity index (χ0v) is 16.7. The maximum absolute atomic E-state index is 3.97. The molecule has 0 atom stereocenters. The number of benzene rings is 3. The Morgan fingerprint density at radius 3 is 2.38 bits per heavy atom. The third-order valence-corrected chi connectivity index (χ3v) is 7.79. The third-order valence-electron chi connectivity index (χ3n) is 4.74. The van der Waals surface area contributed by atoms with Crippen LogP contribution in [0.3, 0.4) is 0 Å². The molecule has 0 bridgehead atoms. The van der Waals surface area contributed by atoms with Crippen LogP contribution in [-0.2, 0) is 0 Å². The highest BCUT2D eigenvalue weighted by molar-refractivity contribution is 7.98. The Bertz CT molecular complexity index is 1270. The first-order valence-electron chi connectivity index (χ1n) is 8.42. The van der Waals surface area contributed by atoms with E-state index < -0.39 is 0 Å². The fourth-order valence-corrected chi connectivity index (χ4v) is 6.30. The summed E-state index contributed by atoms with van der Waals surface area (Å²) >= 11 is 5.54. The molecule has 0 nitrogen and oxygen atoms in total. The summed E-state index contributed by atoms with van der Waals surface area (Å²) in [5, 5.41) is 4.06. The van der Waals surface area contributed by atoms with E-state index in [9.17, 15) is 0 Å². The summed E-state index contributed by atoms with van der Waals surface area (Å²) in [5.74, 6) is 0. The Kier molecular flexibility index (Phi) is 3.89. The summed E-state index contributed by atoms with van der Waals surface area (Å²) in [6, 6.07) is 22.3. The summed E-state index contributed by atoms with van der Waals surface area (Å²) in [6.07, 6.45) is 4.09. The van der Waals surface area contributed by atoms with Crippen LogP contribution in [-0.4, -0.2) is 6.26 Å². The summed E-state index contributed by atoms with van der Waals surface area (Å²) in [6.45, 7) is 3.97. The van der Waals surface area contributed by atoms with E-state index in [-0.39, 0.29) is 0 Å². The number of rotatable bonds is 3. The lowest BCUT2D eigenvalue weighted by Crippen LogP contribution is -1.78. The van der Waals surface area contributed by atoms with Gasteiger partial charge >= 0.3 is 0 Å². The molecule has 0 N–H and O–H groups in total. The molecule has 5 rings (SSSR count). The second kappa shape index (κ2) is 6.27. The Morgan fingerprint density at radius 2 is 1.62 bits per heavy atom. The van der Waals surface area contributed by atoms with Crippen LogP contribution in [0.2, 0.25) is 0 Å². The molecule has 0 spiro atoms. The predicted molar refractivity (Wildman–Crippen MR) is 122 cm³/mol. The Labute approximate surface area is 164 Å². The SMILES string of the molecule is C=Cc1cc2sc3cc4cc(-c5ccccc5)sc4cc3c2cc1SC. The summed E-state index contributed by atoms with van der Waals surface area (Å²) < 4.78 is 4.06. The van der Waals surface area contributed by atoms with Gasteiger partial charge in [0.15, 0.2) is 0 Å². The van der Waals surface area contributed by atoms with Crippen LogP contribution in [0.5, 0.6) is 0 Å². The molecule has 5 aromatic rings. The van der Waals surface area contributed by atoms with Crippen LogP contribution in [0.25, 0.3) is 46.8 Å². The van der Waals surface area contributed by atoms with Crippen molar-refractivity contribution in [3.05, 3.63) is 72.8 Å². The van der Waals surface area contributed by atoms with Crippen molar-refractivity contribution in [1.29, 1.82) is 0 Å². The fourth-order valence-electron chi connectivity index (χ4n) is 3.43. The lowest BCUT2D eigenvalue weighted by molar-refractivity contribution is 1.48. The molecule has 0 aliphatic rings. The van der Waals surface area contributed by atoms with E-state index in [0.717, 1.165) is 0 Å². The third kappa shape index (κ3) is 2.50. The van der Waals surface area contributed by atoms with Crippen molar-refractivity contribution in [2.75, 3.05) is 6.26 Å². The number of hydrogen-bond donors (Lipinski definition) is 0. The first-order chi connectivity index (χ1) is 12.8. The minimum absolute atomic E-state index is 1.23. The van der Waals surface area contributed by atoms with Gasteiger partial charge in [-0.3, -0.25) is 0 Å². The maximum Gasteiger partial charge on any atom is 0.0362 e. The highest BCUT2D eigenvalue weighted by Crippen LogP contribution is 2.42. The Morgan fingerprint density at radius 1 is 0.846 bits per heavy atom. The quantitative estimate of drug-likeness (QED) is 0.280. The molecule has 0 saturated carbocycles. The van der Waals surface area contributed by atoms with Crippen LogP contribution < -0.4 is 0 Å². The topological polar surface area (TPSA) is 0 Å². The van der Waals surface area contributed by atoms with E-state index in [2.05, 4.69) is 73.5 Å². The minimum atomic E-state index is 1.23. The highest BCUT2D eigenvalue weighted by Gasteiger charge is 2.12. The van der Waals surface area contributed by atoms with E-state index in [1.165, 1.54) is 51.2 Å². The van der Waals surface area contributed by atoms with Crippen LogP contribution in [0, 0.1) is 0 Å². The molecule has 26 heavy (non-hydrogen) atoms. The van der Waals surface area contributed by atoms with Crippen molar-refractivity contribution in [1.82, 2.24) is 0 Å². The molecule has 0 fully saturated rings. The van der Waals surface area contributed by atoms with Gasteiger partial charge in [0.25, 0.3) is 0 Å². The van der Waals surface area contributed by atoms with Gasteiger partial charge in [0.05, 0.1) is 0 Å². The highest BCUT2D eigenvalue weighted by atomic mass is 32.2. The number of thiophene rings is 2. The Hall–Kier alpha value is -2.07. The molecule has 0 aliphatic carbocycles. The molecular formula is C23H16S3. The van der Waals surface area contributed by atoms with Crippen LogP contribution in [0.4, 0.5) is 0 Å². The van der Waals surface area contributed by atoms with Crippen LogP contribution in [0.1, 0.15) is 5.56 Å². The van der Waals surface area contributed by atoms with Gasteiger partial charge in [-0.15, -0.1) is 34.4 Å². The summed E-state index contributed by atoms with van der Waals surface area (Å²) in [7, 11) is 0. The first kappa shape index (κ1) is 16.1. The van der Waals surface area contributed by atoms with Gasteiger partial charge in [-0.25, -0.2) is 0 Å². The molecule has 2 aromatic heterocycles. The van der Waals surface area contributed by atoms with E-state index in [1.54, 1.807) is 11.8 Å². The molecule has 0 amide bonds.